The number of aryl methyl sites for hydroxylation is 1. The second kappa shape index (κ2) is 6.66. The summed E-state index contributed by atoms with van der Waals surface area (Å²) in [5, 5.41) is 7.88. The summed E-state index contributed by atoms with van der Waals surface area (Å²) in [5.74, 6) is 0.346. The van der Waals surface area contributed by atoms with Crippen molar-refractivity contribution in [3.05, 3.63) is 59.5 Å². The first-order valence-corrected chi connectivity index (χ1v) is 9.15. The fourth-order valence-electron chi connectivity index (χ4n) is 2.45. The lowest BCUT2D eigenvalue weighted by Gasteiger charge is -2.06. The van der Waals surface area contributed by atoms with E-state index in [4.69, 9.17) is 9.56 Å². The number of carbonyl (C=O) groups excluding carboxylic acids is 1. The lowest BCUT2D eigenvalue weighted by atomic mass is 10.1. The maximum absolute atomic E-state index is 12.2. The Kier molecular flexibility index (Phi) is 4.56. The van der Waals surface area contributed by atoms with Crippen LogP contribution in [0, 0.1) is 6.92 Å². The Balaban J connectivity index is 1.60. The molecule has 1 heterocycles. The van der Waals surface area contributed by atoms with Gasteiger partial charge >= 0.3 is 0 Å². The van der Waals surface area contributed by atoms with E-state index >= 15 is 0 Å². The van der Waals surface area contributed by atoms with Gasteiger partial charge in [0.05, 0.1) is 4.90 Å². The van der Waals surface area contributed by atoms with Gasteiger partial charge in [-0.3, -0.25) is 4.79 Å². The second-order valence-electron chi connectivity index (χ2n) is 5.61. The molecule has 0 saturated heterocycles. The van der Waals surface area contributed by atoms with Crippen LogP contribution in [0.3, 0.4) is 0 Å². The van der Waals surface area contributed by atoms with Gasteiger partial charge in [0, 0.05) is 19.0 Å². The number of aromatic nitrogens is 1. The minimum atomic E-state index is -3.69. The predicted octanol–water partition coefficient (Wildman–Crippen LogP) is 1.76. The van der Waals surface area contributed by atoms with E-state index < -0.39 is 10.0 Å². The molecule has 0 unspecified atom stereocenters. The number of nitrogens with zero attached hydrogens (tertiary/aromatic N) is 1. The van der Waals surface area contributed by atoms with E-state index in [1.54, 1.807) is 37.3 Å². The molecule has 0 aliphatic rings. The highest BCUT2D eigenvalue weighted by molar-refractivity contribution is 7.89. The van der Waals surface area contributed by atoms with Gasteiger partial charge in [0.1, 0.15) is 5.52 Å². The number of sulfonamides is 1. The Hall–Kier alpha value is -2.71. The fourth-order valence-corrected chi connectivity index (χ4v) is 2.97. The minimum Gasteiger partial charge on any atom is -0.441 e. The number of benzene rings is 2. The number of hydrogen-bond acceptors (Lipinski definition) is 5. The van der Waals surface area contributed by atoms with Crippen molar-refractivity contribution < 1.29 is 17.6 Å². The molecular formula is C17H17N3O4S. The van der Waals surface area contributed by atoms with Gasteiger partial charge in [-0.05, 0) is 42.3 Å². The van der Waals surface area contributed by atoms with Crippen molar-refractivity contribution in [1.82, 2.24) is 10.3 Å². The molecule has 25 heavy (non-hydrogen) atoms. The molecule has 1 amide bonds. The van der Waals surface area contributed by atoms with Crippen LogP contribution in [-0.4, -0.2) is 25.9 Å². The Morgan fingerprint density at radius 1 is 1.20 bits per heavy atom. The minimum absolute atomic E-state index is 0.0662. The third-order valence-corrected chi connectivity index (χ3v) is 4.64. The molecule has 8 heteroatoms. The molecule has 3 rings (SSSR count). The highest BCUT2D eigenvalue weighted by atomic mass is 32.2. The number of rotatable bonds is 5. The first-order valence-electron chi connectivity index (χ1n) is 7.60. The molecule has 2 aromatic carbocycles. The third kappa shape index (κ3) is 4.04. The molecule has 0 aliphatic heterocycles. The van der Waals surface area contributed by atoms with Gasteiger partial charge in [-0.15, -0.1) is 0 Å². The fraction of sp³-hybridized carbons (Fsp3) is 0.176. The first kappa shape index (κ1) is 17.1. The topological polar surface area (TPSA) is 115 Å². The Morgan fingerprint density at radius 2 is 1.92 bits per heavy atom. The number of fused-ring (bicyclic) bond motifs is 1. The summed E-state index contributed by atoms with van der Waals surface area (Å²) in [5.41, 5.74) is 2.69. The average Bonchev–Trinajstić information content (AvgIpc) is 2.93. The van der Waals surface area contributed by atoms with Gasteiger partial charge < -0.3 is 9.73 Å². The van der Waals surface area contributed by atoms with Crippen molar-refractivity contribution in [2.75, 3.05) is 6.54 Å². The molecule has 130 valence electrons. The summed E-state index contributed by atoms with van der Waals surface area (Å²) in [4.78, 5) is 16.5. The molecule has 0 aliphatic carbocycles. The second-order valence-corrected chi connectivity index (χ2v) is 7.17. The van der Waals surface area contributed by atoms with Crippen LogP contribution in [0.2, 0.25) is 0 Å². The molecule has 0 fully saturated rings. The zero-order valence-corrected chi connectivity index (χ0v) is 14.3. The van der Waals surface area contributed by atoms with Crippen molar-refractivity contribution in [2.24, 2.45) is 5.14 Å². The Bertz CT molecular complexity index is 1020. The number of amides is 1. The van der Waals surface area contributed by atoms with Gasteiger partial charge in [-0.1, -0.05) is 12.1 Å². The Morgan fingerprint density at radius 3 is 2.60 bits per heavy atom. The molecule has 0 bridgehead atoms. The standard InChI is InChI=1S/C17H17N3O4S/c1-11-20-15-10-13(4-7-16(15)24-11)17(21)19-9-8-12-2-5-14(6-3-12)25(18,22)23/h2-7,10H,8-9H2,1H3,(H,19,21)(H2,18,22,23). The van der Waals surface area contributed by atoms with Gasteiger partial charge in [0.15, 0.2) is 11.5 Å². The van der Waals surface area contributed by atoms with Crippen molar-refractivity contribution in [3.8, 4) is 0 Å². The van der Waals surface area contributed by atoms with Crippen LogP contribution < -0.4 is 10.5 Å². The SMILES string of the molecule is Cc1nc2cc(C(=O)NCCc3ccc(S(N)(=O)=O)cc3)ccc2o1. The Labute approximate surface area is 144 Å². The summed E-state index contributed by atoms with van der Waals surface area (Å²) >= 11 is 0. The maximum atomic E-state index is 12.2. The predicted molar refractivity (Wildman–Crippen MR) is 92.6 cm³/mol. The van der Waals surface area contributed by atoms with E-state index in [1.165, 1.54) is 12.1 Å². The van der Waals surface area contributed by atoms with Gasteiger partial charge in [0.2, 0.25) is 10.0 Å². The van der Waals surface area contributed by atoms with E-state index in [0.717, 1.165) is 5.56 Å². The normalized spacial score (nSPS) is 11.6. The van der Waals surface area contributed by atoms with E-state index in [1.807, 2.05) is 0 Å². The van der Waals surface area contributed by atoms with Crippen molar-refractivity contribution >= 4 is 27.0 Å². The summed E-state index contributed by atoms with van der Waals surface area (Å²) in [6.07, 6.45) is 0.571. The highest BCUT2D eigenvalue weighted by Crippen LogP contribution is 2.16. The van der Waals surface area contributed by atoms with Crippen LogP contribution in [-0.2, 0) is 16.4 Å². The molecule has 0 atom stereocenters. The summed E-state index contributed by atoms with van der Waals surface area (Å²) < 4.78 is 27.8. The molecule has 0 spiro atoms. The lowest BCUT2D eigenvalue weighted by molar-refractivity contribution is 0.0954. The summed E-state index contributed by atoms with van der Waals surface area (Å²) in [6.45, 7) is 2.17. The molecule has 1 aromatic heterocycles. The van der Waals surface area contributed by atoms with Crippen molar-refractivity contribution in [2.45, 2.75) is 18.2 Å². The van der Waals surface area contributed by atoms with Crippen LogP contribution >= 0.6 is 0 Å². The summed E-state index contributed by atoms with van der Waals surface area (Å²) in [6, 6.07) is 11.3. The highest BCUT2D eigenvalue weighted by Gasteiger charge is 2.10. The van der Waals surface area contributed by atoms with Gasteiger partial charge in [-0.2, -0.15) is 0 Å². The largest absolute Gasteiger partial charge is 0.441 e. The monoisotopic (exact) mass is 359 g/mol. The molecular weight excluding hydrogens is 342 g/mol. The maximum Gasteiger partial charge on any atom is 0.251 e. The quantitative estimate of drug-likeness (QED) is 0.720. The van der Waals surface area contributed by atoms with Crippen LogP contribution in [0.4, 0.5) is 0 Å². The molecule has 7 nitrogen and oxygen atoms in total. The molecule has 3 N–H and O–H groups in total. The number of nitrogens with one attached hydrogen (secondary N) is 1. The third-order valence-electron chi connectivity index (χ3n) is 3.71. The van der Waals surface area contributed by atoms with Crippen LogP contribution in [0.15, 0.2) is 51.8 Å². The summed E-state index contributed by atoms with van der Waals surface area (Å²) in [7, 11) is -3.69. The number of carbonyl (C=O) groups is 1. The zero-order chi connectivity index (χ0) is 18.0. The van der Waals surface area contributed by atoms with Crippen molar-refractivity contribution in [3.63, 3.8) is 0 Å². The number of primary sulfonamides is 1. The zero-order valence-electron chi connectivity index (χ0n) is 13.5. The number of hydrogen-bond donors (Lipinski definition) is 2. The molecule has 0 saturated carbocycles. The average molecular weight is 359 g/mol. The van der Waals surface area contributed by atoms with Crippen LogP contribution in [0.5, 0.6) is 0 Å². The van der Waals surface area contributed by atoms with Crippen molar-refractivity contribution in [1.29, 1.82) is 0 Å². The van der Waals surface area contributed by atoms with Crippen LogP contribution in [0.25, 0.3) is 11.1 Å². The van der Waals surface area contributed by atoms with E-state index in [9.17, 15) is 13.2 Å². The molecule has 3 aromatic rings. The van der Waals surface area contributed by atoms with E-state index in [0.29, 0.717) is 35.5 Å². The number of oxazole rings is 1. The molecule has 0 radical (unpaired) electrons. The lowest BCUT2D eigenvalue weighted by Crippen LogP contribution is -2.25. The first-order chi connectivity index (χ1) is 11.8. The smallest absolute Gasteiger partial charge is 0.251 e. The number of nitrogens with two attached hydrogens (primary N) is 1. The van der Waals surface area contributed by atoms with E-state index in [2.05, 4.69) is 10.3 Å². The van der Waals surface area contributed by atoms with Gasteiger partial charge in [0.25, 0.3) is 5.91 Å². The van der Waals surface area contributed by atoms with Crippen LogP contribution in [0.1, 0.15) is 21.8 Å². The van der Waals surface area contributed by atoms with Gasteiger partial charge in [-0.25, -0.2) is 18.5 Å². The van der Waals surface area contributed by atoms with E-state index in [-0.39, 0.29) is 10.8 Å².